The van der Waals surface area contributed by atoms with Crippen LogP contribution in [0, 0.1) is 12.7 Å². The number of benzene rings is 1. The third-order valence-corrected chi connectivity index (χ3v) is 4.77. The summed E-state index contributed by atoms with van der Waals surface area (Å²) in [5.41, 5.74) is 0.820. The molecule has 3 rings (SSSR count). The molecular weight excluding hydrogens is 402 g/mol. The van der Waals surface area contributed by atoms with Crippen LogP contribution in [0.2, 0.25) is 0 Å². The molecule has 0 radical (unpaired) electrons. The third-order valence-electron chi connectivity index (χ3n) is 3.80. The van der Waals surface area contributed by atoms with Crippen LogP contribution in [0.1, 0.15) is 44.9 Å². The molecule has 3 aromatic rings. The van der Waals surface area contributed by atoms with Crippen molar-refractivity contribution in [3.63, 3.8) is 0 Å². The minimum Gasteiger partial charge on any atom is -0.307 e. The number of hydrogen-bond acceptors (Lipinski definition) is 3. The number of alkyl halides is 3. The SMILES string of the molecule is CC.CC.Cc1ccc(C(N(C)Sc2ccn3ccnc3c2)C(F)(F)F)cc1F. The standard InChI is InChI=1S/C17H15F4N3S.2C2H6/c1-11-3-4-12(9-14(11)18)16(17(19,20)21)23(2)25-13-5-7-24-8-6-22-15(24)10-13;2*1-2/h3-10,16H,1-2H3;2*1-2H3. The Kier molecular flexibility index (Phi) is 9.65. The lowest BCUT2D eigenvalue weighted by Crippen LogP contribution is -2.32. The smallest absolute Gasteiger partial charge is 0.307 e. The second kappa shape index (κ2) is 11.2. The highest BCUT2D eigenvalue weighted by atomic mass is 32.2. The average Bonchev–Trinajstić information content (AvgIpc) is 3.15. The number of fused-ring (bicyclic) bond motifs is 1. The lowest BCUT2D eigenvalue weighted by Gasteiger charge is -2.29. The molecule has 1 unspecified atom stereocenters. The maximum Gasteiger partial charge on any atom is 0.408 e. The first-order valence-corrected chi connectivity index (χ1v) is 10.2. The van der Waals surface area contributed by atoms with E-state index in [4.69, 9.17) is 0 Å². The maximum absolute atomic E-state index is 13.8. The molecule has 8 heteroatoms. The first-order chi connectivity index (χ1) is 13.8. The van der Waals surface area contributed by atoms with Gasteiger partial charge in [-0.25, -0.2) is 13.7 Å². The van der Waals surface area contributed by atoms with E-state index in [1.165, 1.54) is 26.1 Å². The molecule has 0 aliphatic carbocycles. The van der Waals surface area contributed by atoms with E-state index in [0.29, 0.717) is 16.1 Å². The number of pyridine rings is 1. The van der Waals surface area contributed by atoms with Crippen molar-refractivity contribution in [2.24, 2.45) is 0 Å². The molecule has 0 aliphatic heterocycles. The minimum absolute atomic E-state index is 0.132. The molecule has 29 heavy (non-hydrogen) atoms. The zero-order chi connectivity index (χ0) is 22.2. The number of aryl methyl sites for hydroxylation is 1. The summed E-state index contributed by atoms with van der Waals surface area (Å²) in [6.07, 6.45) is 0.551. The van der Waals surface area contributed by atoms with E-state index in [1.54, 1.807) is 35.1 Å². The van der Waals surface area contributed by atoms with Crippen LogP contribution in [0.3, 0.4) is 0 Å². The van der Waals surface area contributed by atoms with E-state index in [2.05, 4.69) is 4.98 Å². The Hall–Kier alpha value is -2.06. The molecule has 0 aliphatic rings. The average molecular weight is 430 g/mol. The van der Waals surface area contributed by atoms with Crippen LogP contribution in [0.4, 0.5) is 17.6 Å². The molecule has 0 fully saturated rings. The molecule has 0 bridgehead atoms. The molecule has 0 saturated heterocycles. The Labute approximate surface area is 173 Å². The third kappa shape index (κ3) is 6.47. The maximum atomic E-state index is 13.8. The molecule has 2 aromatic heterocycles. The zero-order valence-corrected chi connectivity index (χ0v) is 18.3. The van der Waals surface area contributed by atoms with Crippen molar-refractivity contribution < 1.29 is 17.6 Å². The minimum atomic E-state index is -4.54. The highest BCUT2D eigenvalue weighted by Crippen LogP contribution is 2.42. The van der Waals surface area contributed by atoms with E-state index in [9.17, 15) is 17.6 Å². The largest absolute Gasteiger partial charge is 0.408 e. The van der Waals surface area contributed by atoms with Crippen molar-refractivity contribution in [2.75, 3.05) is 7.05 Å². The molecule has 1 aromatic carbocycles. The van der Waals surface area contributed by atoms with Crippen molar-refractivity contribution in [2.45, 2.75) is 51.7 Å². The van der Waals surface area contributed by atoms with Gasteiger partial charge in [-0.2, -0.15) is 13.2 Å². The monoisotopic (exact) mass is 429 g/mol. The summed E-state index contributed by atoms with van der Waals surface area (Å²) in [4.78, 5) is 4.73. The van der Waals surface area contributed by atoms with Gasteiger partial charge in [0.15, 0.2) is 0 Å². The van der Waals surface area contributed by atoms with Crippen LogP contribution in [0.25, 0.3) is 5.65 Å². The van der Waals surface area contributed by atoms with E-state index >= 15 is 0 Å². The predicted octanol–water partition coefficient (Wildman–Crippen LogP) is 7.08. The second-order valence-electron chi connectivity index (χ2n) is 5.65. The molecular formula is C21H27F4N3S. The Balaban J connectivity index is 0.000000989. The van der Waals surface area contributed by atoms with Gasteiger partial charge in [0.2, 0.25) is 0 Å². The molecule has 0 saturated carbocycles. The van der Waals surface area contributed by atoms with Gasteiger partial charge in [-0.3, -0.25) is 0 Å². The fraction of sp³-hybridized carbons (Fsp3) is 0.381. The second-order valence-corrected chi connectivity index (χ2v) is 6.88. The Bertz CT molecular complexity index is 893. The number of aromatic nitrogens is 2. The summed E-state index contributed by atoms with van der Waals surface area (Å²) in [5, 5.41) is 0. The summed E-state index contributed by atoms with van der Waals surface area (Å²) in [6, 6.07) is 5.10. The highest BCUT2D eigenvalue weighted by molar-refractivity contribution is 7.97. The molecule has 1 atom stereocenters. The van der Waals surface area contributed by atoms with Gasteiger partial charge in [0.25, 0.3) is 0 Å². The molecule has 2 heterocycles. The van der Waals surface area contributed by atoms with Gasteiger partial charge in [-0.15, -0.1) is 0 Å². The number of rotatable bonds is 4. The zero-order valence-electron chi connectivity index (χ0n) is 17.5. The van der Waals surface area contributed by atoms with Gasteiger partial charge < -0.3 is 4.40 Å². The molecule has 0 N–H and O–H groups in total. The lowest BCUT2D eigenvalue weighted by atomic mass is 10.0. The van der Waals surface area contributed by atoms with Crippen LogP contribution < -0.4 is 0 Å². The normalized spacial score (nSPS) is 12.1. The van der Waals surface area contributed by atoms with Crippen molar-refractivity contribution in [1.82, 2.24) is 13.7 Å². The summed E-state index contributed by atoms with van der Waals surface area (Å²) < 4.78 is 57.4. The Morgan fingerprint density at radius 3 is 2.28 bits per heavy atom. The summed E-state index contributed by atoms with van der Waals surface area (Å²) in [5.74, 6) is -0.649. The molecule has 0 amide bonds. The van der Waals surface area contributed by atoms with Gasteiger partial charge in [0.05, 0.1) is 0 Å². The van der Waals surface area contributed by atoms with Gasteiger partial charge in [0.1, 0.15) is 17.5 Å². The lowest BCUT2D eigenvalue weighted by molar-refractivity contribution is -0.170. The highest BCUT2D eigenvalue weighted by Gasteiger charge is 2.44. The molecule has 3 nitrogen and oxygen atoms in total. The van der Waals surface area contributed by atoms with Gasteiger partial charge in [0, 0.05) is 23.5 Å². The fourth-order valence-electron chi connectivity index (χ4n) is 2.55. The van der Waals surface area contributed by atoms with Gasteiger partial charge >= 0.3 is 6.18 Å². The number of halogens is 4. The summed E-state index contributed by atoms with van der Waals surface area (Å²) in [6.45, 7) is 9.51. The van der Waals surface area contributed by atoms with Crippen molar-refractivity contribution in [3.05, 3.63) is 65.9 Å². The van der Waals surface area contributed by atoms with Crippen molar-refractivity contribution >= 4 is 17.6 Å². The van der Waals surface area contributed by atoms with E-state index in [1.807, 2.05) is 27.7 Å². The number of nitrogens with zero attached hydrogens (tertiary/aromatic N) is 3. The summed E-state index contributed by atoms with van der Waals surface area (Å²) in [7, 11) is 1.34. The first-order valence-electron chi connectivity index (χ1n) is 9.42. The quantitative estimate of drug-likeness (QED) is 0.327. The number of hydrogen-bond donors (Lipinski definition) is 0. The van der Waals surface area contributed by atoms with Crippen LogP contribution in [-0.4, -0.2) is 26.9 Å². The van der Waals surface area contributed by atoms with Gasteiger partial charge in [-0.1, -0.05) is 39.8 Å². The Morgan fingerprint density at radius 2 is 1.69 bits per heavy atom. The van der Waals surface area contributed by atoms with E-state index < -0.39 is 18.0 Å². The van der Waals surface area contributed by atoms with Crippen LogP contribution in [0.5, 0.6) is 0 Å². The van der Waals surface area contributed by atoms with E-state index in [0.717, 1.165) is 22.3 Å². The van der Waals surface area contributed by atoms with Crippen LogP contribution >= 0.6 is 11.9 Å². The first kappa shape index (κ1) is 25.0. The molecule has 160 valence electrons. The molecule has 0 spiro atoms. The summed E-state index contributed by atoms with van der Waals surface area (Å²) >= 11 is 0.939. The van der Waals surface area contributed by atoms with Crippen LogP contribution in [0.15, 0.2) is 53.8 Å². The Morgan fingerprint density at radius 1 is 1.03 bits per heavy atom. The predicted molar refractivity (Wildman–Crippen MR) is 111 cm³/mol. The van der Waals surface area contributed by atoms with Crippen molar-refractivity contribution in [1.29, 1.82) is 0 Å². The van der Waals surface area contributed by atoms with Crippen molar-refractivity contribution in [3.8, 4) is 0 Å². The topological polar surface area (TPSA) is 20.5 Å². The van der Waals surface area contributed by atoms with E-state index in [-0.39, 0.29) is 5.56 Å². The fourth-order valence-corrected chi connectivity index (χ4v) is 3.51. The van der Waals surface area contributed by atoms with Gasteiger partial charge in [-0.05, 0) is 55.2 Å². The number of imidazole rings is 1. The van der Waals surface area contributed by atoms with Crippen LogP contribution in [-0.2, 0) is 0 Å².